The first-order valence-corrected chi connectivity index (χ1v) is 9.60. The van der Waals surface area contributed by atoms with Crippen LogP contribution < -0.4 is 5.32 Å². The Labute approximate surface area is 152 Å². The Hall–Kier alpha value is -2.64. The van der Waals surface area contributed by atoms with Gasteiger partial charge in [0.15, 0.2) is 0 Å². The zero-order chi connectivity index (χ0) is 18.9. The average Bonchev–Trinajstić information content (AvgIpc) is 2.98. The highest BCUT2D eigenvalue weighted by molar-refractivity contribution is 7.89. The first kappa shape index (κ1) is 18.2. The molecule has 7 heteroatoms. The van der Waals surface area contributed by atoms with Crippen LogP contribution in [0, 0.1) is 6.92 Å². The molecule has 0 aliphatic heterocycles. The zero-order valence-electron chi connectivity index (χ0n) is 14.9. The molecule has 3 aromatic rings. The summed E-state index contributed by atoms with van der Waals surface area (Å²) >= 11 is 0. The number of hydrogen-bond donors (Lipinski definition) is 2. The third-order valence-corrected chi connectivity index (χ3v) is 5.96. The molecule has 0 saturated heterocycles. The number of rotatable bonds is 5. The second-order valence-corrected chi connectivity index (χ2v) is 8.52. The van der Waals surface area contributed by atoms with E-state index >= 15 is 0 Å². The number of aromatic nitrogens is 1. The Morgan fingerprint density at radius 3 is 2.62 bits per heavy atom. The topological polar surface area (TPSA) is 82.3 Å². The molecule has 0 fully saturated rings. The summed E-state index contributed by atoms with van der Waals surface area (Å²) in [7, 11) is -0.654. The SMILES string of the molecule is Cc1cc2cc(CNC(=O)c3cccc(S(=O)(=O)N(C)C)c3)ccc2[nH]1. The van der Waals surface area contributed by atoms with Crippen molar-refractivity contribution in [2.24, 2.45) is 0 Å². The summed E-state index contributed by atoms with van der Waals surface area (Å²) in [6, 6.07) is 14.0. The molecule has 0 unspecified atom stereocenters. The van der Waals surface area contributed by atoms with Crippen LogP contribution in [0.15, 0.2) is 53.4 Å². The number of sulfonamides is 1. The summed E-state index contributed by atoms with van der Waals surface area (Å²) in [6.45, 7) is 2.36. The summed E-state index contributed by atoms with van der Waals surface area (Å²) in [5.41, 5.74) is 3.42. The van der Waals surface area contributed by atoms with Crippen LogP contribution in [0.25, 0.3) is 10.9 Å². The highest BCUT2D eigenvalue weighted by Gasteiger charge is 2.18. The maximum absolute atomic E-state index is 12.4. The van der Waals surface area contributed by atoms with Crippen molar-refractivity contribution in [3.05, 3.63) is 65.4 Å². The number of aryl methyl sites for hydroxylation is 1. The monoisotopic (exact) mass is 371 g/mol. The largest absolute Gasteiger partial charge is 0.359 e. The Bertz CT molecular complexity index is 1070. The van der Waals surface area contributed by atoms with E-state index < -0.39 is 10.0 Å². The summed E-state index contributed by atoms with van der Waals surface area (Å²) in [5, 5.41) is 3.93. The van der Waals surface area contributed by atoms with Gasteiger partial charge in [-0.15, -0.1) is 0 Å². The van der Waals surface area contributed by atoms with E-state index in [0.29, 0.717) is 12.1 Å². The zero-order valence-corrected chi connectivity index (χ0v) is 15.7. The Morgan fingerprint density at radius 1 is 1.12 bits per heavy atom. The molecule has 0 saturated carbocycles. The molecule has 1 amide bonds. The number of fused-ring (bicyclic) bond motifs is 1. The fourth-order valence-corrected chi connectivity index (χ4v) is 3.68. The fourth-order valence-electron chi connectivity index (χ4n) is 2.73. The first-order chi connectivity index (χ1) is 12.3. The first-order valence-electron chi connectivity index (χ1n) is 8.16. The fraction of sp³-hybridized carbons (Fsp3) is 0.211. The van der Waals surface area contributed by atoms with E-state index in [-0.39, 0.29) is 10.8 Å². The highest BCUT2D eigenvalue weighted by atomic mass is 32.2. The van der Waals surface area contributed by atoms with Gasteiger partial charge in [0.25, 0.3) is 5.91 Å². The van der Waals surface area contributed by atoms with Crippen molar-refractivity contribution >= 4 is 26.8 Å². The minimum Gasteiger partial charge on any atom is -0.359 e. The van der Waals surface area contributed by atoms with Crippen molar-refractivity contribution in [3.63, 3.8) is 0 Å². The summed E-state index contributed by atoms with van der Waals surface area (Å²) in [5.74, 6) is -0.314. The standard InChI is InChI=1S/C19H21N3O3S/c1-13-9-16-10-14(7-8-18(16)21-13)12-20-19(23)15-5-4-6-17(11-15)26(24,25)22(2)3/h4-11,21H,12H2,1-3H3,(H,20,23). The van der Waals surface area contributed by atoms with E-state index in [1.54, 1.807) is 12.1 Å². The van der Waals surface area contributed by atoms with E-state index in [2.05, 4.69) is 16.4 Å². The van der Waals surface area contributed by atoms with Crippen LogP contribution in [-0.2, 0) is 16.6 Å². The second kappa shape index (κ2) is 6.93. The van der Waals surface area contributed by atoms with Gasteiger partial charge < -0.3 is 10.3 Å². The molecule has 0 atom stereocenters. The third-order valence-electron chi connectivity index (χ3n) is 4.15. The van der Waals surface area contributed by atoms with Crippen LogP contribution in [0.4, 0.5) is 0 Å². The van der Waals surface area contributed by atoms with Crippen LogP contribution in [-0.4, -0.2) is 37.7 Å². The average molecular weight is 371 g/mol. The van der Waals surface area contributed by atoms with E-state index in [4.69, 9.17) is 0 Å². The molecule has 2 N–H and O–H groups in total. The Morgan fingerprint density at radius 2 is 1.88 bits per heavy atom. The molecule has 6 nitrogen and oxygen atoms in total. The number of aromatic amines is 1. The molecule has 0 radical (unpaired) electrons. The van der Waals surface area contributed by atoms with Crippen molar-refractivity contribution in [1.29, 1.82) is 0 Å². The lowest BCUT2D eigenvalue weighted by Crippen LogP contribution is -2.25. The molecular formula is C19H21N3O3S. The van der Waals surface area contributed by atoms with Crippen molar-refractivity contribution in [2.75, 3.05) is 14.1 Å². The number of nitrogens with zero attached hydrogens (tertiary/aromatic N) is 1. The molecule has 1 aromatic heterocycles. The number of carbonyl (C=O) groups excluding carboxylic acids is 1. The highest BCUT2D eigenvalue weighted by Crippen LogP contribution is 2.17. The molecule has 2 aromatic carbocycles. The van der Waals surface area contributed by atoms with E-state index in [1.807, 2.05) is 25.1 Å². The smallest absolute Gasteiger partial charge is 0.251 e. The lowest BCUT2D eigenvalue weighted by Gasteiger charge is -2.12. The van der Waals surface area contributed by atoms with Gasteiger partial charge in [-0.1, -0.05) is 12.1 Å². The van der Waals surface area contributed by atoms with E-state index in [1.165, 1.54) is 26.2 Å². The number of nitrogens with one attached hydrogen (secondary N) is 2. The van der Waals surface area contributed by atoms with Crippen LogP contribution in [0.2, 0.25) is 0 Å². The van der Waals surface area contributed by atoms with Gasteiger partial charge in [0, 0.05) is 37.4 Å². The Kier molecular flexibility index (Phi) is 4.84. The lowest BCUT2D eigenvalue weighted by atomic mass is 10.1. The quantitative estimate of drug-likeness (QED) is 0.723. The summed E-state index contributed by atoms with van der Waals surface area (Å²) < 4.78 is 25.5. The van der Waals surface area contributed by atoms with Gasteiger partial charge in [-0.05, 0) is 54.3 Å². The van der Waals surface area contributed by atoms with Gasteiger partial charge in [-0.3, -0.25) is 4.79 Å². The molecule has 136 valence electrons. The number of benzene rings is 2. The van der Waals surface area contributed by atoms with Crippen molar-refractivity contribution in [1.82, 2.24) is 14.6 Å². The van der Waals surface area contributed by atoms with Gasteiger partial charge in [-0.25, -0.2) is 12.7 Å². The predicted molar refractivity (Wildman–Crippen MR) is 102 cm³/mol. The predicted octanol–water partition coefficient (Wildman–Crippen LogP) is 2.66. The van der Waals surface area contributed by atoms with Gasteiger partial charge >= 0.3 is 0 Å². The van der Waals surface area contributed by atoms with Crippen molar-refractivity contribution < 1.29 is 13.2 Å². The van der Waals surface area contributed by atoms with Gasteiger partial charge in [0.05, 0.1) is 4.90 Å². The minimum atomic E-state index is -3.57. The van der Waals surface area contributed by atoms with Crippen LogP contribution >= 0.6 is 0 Å². The maximum atomic E-state index is 12.4. The number of H-pyrrole nitrogens is 1. The number of amides is 1. The number of carbonyl (C=O) groups is 1. The molecular weight excluding hydrogens is 350 g/mol. The normalized spacial score (nSPS) is 11.8. The molecule has 0 aliphatic carbocycles. The molecule has 0 spiro atoms. The molecule has 3 rings (SSSR count). The summed E-state index contributed by atoms with van der Waals surface area (Å²) in [4.78, 5) is 15.8. The van der Waals surface area contributed by atoms with Crippen molar-refractivity contribution in [3.8, 4) is 0 Å². The minimum absolute atomic E-state index is 0.0966. The number of hydrogen-bond acceptors (Lipinski definition) is 3. The lowest BCUT2D eigenvalue weighted by molar-refractivity contribution is 0.0950. The van der Waals surface area contributed by atoms with Crippen molar-refractivity contribution in [2.45, 2.75) is 18.4 Å². The molecule has 26 heavy (non-hydrogen) atoms. The van der Waals surface area contributed by atoms with Crippen LogP contribution in [0.5, 0.6) is 0 Å². The maximum Gasteiger partial charge on any atom is 0.251 e. The van der Waals surface area contributed by atoms with Gasteiger partial charge in [0.2, 0.25) is 10.0 Å². The van der Waals surface area contributed by atoms with Gasteiger partial charge in [0.1, 0.15) is 0 Å². The summed E-state index contributed by atoms with van der Waals surface area (Å²) in [6.07, 6.45) is 0. The molecule has 0 aliphatic rings. The molecule has 1 heterocycles. The second-order valence-electron chi connectivity index (χ2n) is 6.37. The van der Waals surface area contributed by atoms with E-state index in [0.717, 1.165) is 26.5 Å². The van der Waals surface area contributed by atoms with Crippen LogP contribution in [0.1, 0.15) is 21.6 Å². The third kappa shape index (κ3) is 3.63. The molecule has 0 bridgehead atoms. The van der Waals surface area contributed by atoms with Gasteiger partial charge in [-0.2, -0.15) is 0 Å². The van der Waals surface area contributed by atoms with E-state index in [9.17, 15) is 13.2 Å². The Balaban J connectivity index is 1.75. The van der Waals surface area contributed by atoms with Crippen LogP contribution in [0.3, 0.4) is 0 Å².